The average molecular weight is 330 g/mol. The number of carbonyl (C=O) groups excluding carboxylic acids is 2. The lowest BCUT2D eigenvalue weighted by atomic mass is 10.2. The molecule has 0 spiro atoms. The second-order valence-corrected chi connectivity index (χ2v) is 5.84. The second kappa shape index (κ2) is 6.21. The number of amides is 1. The summed E-state index contributed by atoms with van der Waals surface area (Å²) in [6.45, 7) is -0.157. The minimum Gasteiger partial charge on any atom is -0.497 e. The van der Waals surface area contributed by atoms with Gasteiger partial charge in [-0.3, -0.25) is 9.59 Å². The predicted octanol–water partition coefficient (Wildman–Crippen LogP) is 2.36. The van der Waals surface area contributed by atoms with Crippen molar-refractivity contribution < 1.29 is 19.1 Å². The zero-order valence-electron chi connectivity index (χ0n) is 12.6. The number of rotatable bonds is 4. The average Bonchev–Trinajstić information content (AvgIpc) is 2.99. The SMILES string of the molecule is COC(=O)CNC(=O)c1cc2cc3cc(OC)ccc3nc2s1. The Balaban J connectivity index is 1.93. The highest BCUT2D eigenvalue weighted by molar-refractivity contribution is 7.20. The molecule has 0 aliphatic carbocycles. The molecule has 0 unspecified atom stereocenters. The van der Waals surface area contributed by atoms with Crippen LogP contribution in [0, 0.1) is 0 Å². The van der Waals surface area contributed by atoms with Gasteiger partial charge in [0.25, 0.3) is 5.91 Å². The number of hydrogen-bond donors (Lipinski definition) is 1. The molecule has 1 aromatic carbocycles. The van der Waals surface area contributed by atoms with E-state index < -0.39 is 5.97 Å². The molecule has 1 amide bonds. The molecule has 3 rings (SSSR count). The van der Waals surface area contributed by atoms with Crippen LogP contribution >= 0.6 is 11.3 Å². The van der Waals surface area contributed by atoms with Crippen LogP contribution in [0.4, 0.5) is 0 Å². The van der Waals surface area contributed by atoms with E-state index in [1.165, 1.54) is 18.4 Å². The number of pyridine rings is 1. The van der Waals surface area contributed by atoms with Crippen molar-refractivity contribution in [3.63, 3.8) is 0 Å². The van der Waals surface area contributed by atoms with Crippen LogP contribution in [-0.2, 0) is 9.53 Å². The number of thiophene rings is 1. The Morgan fingerprint density at radius 2 is 2.00 bits per heavy atom. The predicted molar refractivity (Wildman–Crippen MR) is 88.0 cm³/mol. The van der Waals surface area contributed by atoms with Gasteiger partial charge in [-0.2, -0.15) is 0 Å². The fraction of sp³-hybridized carbons (Fsp3) is 0.188. The Labute approximate surface area is 136 Å². The molecule has 0 radical (unpaired) electrons. The zero-order valence-corrected chi connectivity index (χ0v) is 13.4. The molecule has 0 fully saturated rings. The van der Waals surface area contributed by atoms with E-state index >= 15 is 0 Å². The summed E-state index contributed by atoms with van der Waals surface area (Å²) in [5.74, 6) is -0.0552. The highest BCUT2D eigenvalue weighted by Crippen LogP contribution is 2.29. The molecule has 23 heavy (non-hydrogen) atoms. The smallest absolute Gasteiger partial charge is 0.325 e. The molecule has 3 aromatic rings. The van der Waals surface area contributed by atoms with Gasteiger partial charge in [0, 0.05) is 10.8 Å². The number of nitrogens with zero attached hydrogens (tertiary/aromatic N) is 1. The van der Waals surface area contributed by atoms with Crippen molar-refractivity contribution in [3.8, 4) is 5.75 Å². The number of hydrogen-bond acceptors (Lipinski definition) is 6. The summed E-state index contributed by atoms with van der Waals surface area (Å²) < 4.78 is 9.70. The topological polar surface area (TPSA) is 77.5 Å². The number of ether oxygens (including phenoxy) is 2. The number of nitrogens with one attached hydrogen (secondary N) is 1. The van der Waals surface area contributed by atoms with Crippen LogP contribution in [0.3, 0.4) is 0 Å². The Hall–Kier alpha value is -2.67. The molecule has 2 aromatic heterocycles. The van der Waals surface area contributed by atoms with E-state index in [0.717, 1.165) is 26.9 Å². The number of fused-ring (bicyclic) bond motifs is 2. The number of esters is 1. The van der Waals surface area contributed by atoms with E-state index in [2.05, 4.69) is 15.0 Å². The molecular formula is C16H14N2O4S. The zero-order chi connectivity index (χ0) is 16.4. The minimum absolute atomic E-state index is 0.157. The highest BCUT2D eigenvalue weighted by atomic mass is 32.1. The van der Waals surface area contributed by atoms with Gasteiger partial charge in [0.1, 0.15) is 17.1 Å². The summed E-state index contributed by atoms with van der Waals surface area (Å²) in [5, 5.41) is 4.33. The number of methoxy groups -OCH3 is 2. The molecule has 1 N–H and O–H groups in total. The summed E-state index contributed by atoms with van der Waals surface area (Å²) in [6, 6.07) is 9.35. The maximum Gasteiger partial charge on any atom is 0.325 e. The number of benzene rings is 1. The van der Waals surface area contributed by atoms with E-state index in [9.17, 15) is 9.59 Å². The minimum atomic E-state index is -0.490. The van der Waals surface area contributed by atoms with E-state index in [1.54, 1.807) is 13.2 Å². The van der Waals surface area contributed by atoms with Gasteiger partial charge in [-0.25, -0.2) is 4.98 Å². The Bertz CT molecular complexity index is 904. The maximum atomic E-state index is 12.1. The molecule has 6 nitrogen and oxygen atoms in total. The fourth-order valence-electron chi connectivity index (χ4n) is 2.16. The van der Waals surface area contributed by atoms with E-state index in [1.807, 2.05) is 24.3 Å². The third kappa shape index (κ3) is 3.09. The van der Waals surface area contributed by atoms with Crippen LogP contribution in [-0.4, -0.2) is 37.6 Å². The second-order valence-electron chi connectivity index (χ2n) is 4.81. The van der Waals surface area contributed by atoms with Gasteiger partial charge in [-0.15, -0.1) is 11.3 Å². The first kappa shape index (κ1) is 15.2. The standard InChI is InChI=1S/C16H14N2O4S/c1-21-11-3-4-12-9(6-11)5-10-7-13(23-16(10)18-12)15(20)17-8-14(19)22-2/h3-7H,8H2,1-2H3,(H,17,20). The van der Waals surface area contributed by atoms with Crippen LogP contribution in [0.2, 0.25) is 0 Å². The summed E-state index contributed by atoms with van der Waals surface area (Å²) in [6.07, 6.45) is 0. The molecule has 0 saturated heterocycles. The lowest BCUT2D eigenvalue weighted by molar-refractivity contribution is -0.139. The van der Waals surface area contributed by atoms with E-state index in [4.69, 9.17) is 4.74 Å². The Morgan fingerprint density at radius 3 is 2.74 bits per heavy atom. The molecule has 7 heteroatoms. The number of carbonyl (C=O) groups is 2. The van der Waals surface area contributed by atoms with Gasteiger partial charge in [0.2, 0.25) is 0 Å². The first-order valence-electron chi connectivity index (χ1n) is 6.84. The van der Waals surface area contributed by atoms with Crippen molar-refractivity contribution in [1.29, 1.82) is 0 Å². The van der Waals surface area contributed by atoms with Crippen molar-refractivity contribution in [1.82, 2.24) is 10.3 Å². The van der Waals surface area contributed by atoms with Gasteiger partial charge in [-0.1, -0.05) is 0 Å². The lowest BCUT2D eigenvalue weighted by Crippen LogP contribution is -2.29. The monoisotopic (exact) mass is 330 g/mol. The highest BCUT2D eigenvalue weighted by Gasteiger charge is 2.13. The van der Waals surface area contributed by atoms with Crippen LogP contribution in [0.1, 0.15) is 9.67 Å². The first-order valence-corrected chi connectivity index (χ1v) is 7.65. The quantitative estimate of drug-likeness (QED) is 0.743. The van der Waals surface area contributed by atoms with Crippen molar-refractivity contribution in [2.24, 2.45) is 0 Å². The third-order valence-corrected chi connectivity index (χ3v) is 4.40. The summed E-state index contributed by atoms with van der Waals surface area (Å²) in [7, 11) is 2.89. The normalized spacial score (nSPS) is 10.7. The van der Waals surface area contributed by atoms with Gasteiger partial charge >= 0.3 is 5.97 Å². The van der Waals surface area contributed by atoms with Crippen molar-refractivity contribution in [2.75, 3.05) is 20.8 Å². The summed E-state index contributed by atoms with van der Waals surface area (Å²) >= 11 is 1.28. The van der Waals surface area contributed by atoms with Gasteiger partial charge < -0.3 is 14.8 Å². The number of aromatic nitrogens is 1. The lowest BCUT2D eigenvalue weighted by Gasteiger charge is -2.01. The fourth-order valence-corrected chi connectivity index (χ4v) is 3.10. The molecule has 118 valence electrons. The van der Waals surface area contributed by atoms with Crippen molar-refractivity contribution >= 4 is 44.3 Å². The molecule has 0 saturated carbocycles. The molecule has 0 atom stereocenters. The van der Waals surface area contributed by atoms with Gasteiger partial charge in [0.15, 0.2) is 0 Å². The molecule has 0 aliphatic heterocycles. The van der Waals surface area contributed by atoms with Crippen LogP contribution in [0.5, 0.6) is 5.75 Å². The Kier molecular flexibility index (Phi) is 4.12. The Morgan fingerprint density at radius 1 is 1.17 bits per heavy atom. The molecular weight excluding hydrogens is 316 g/mol. The molecule has 0 aliphatic rings. The van der Waals surface area contributed by atoms with E-state index in [0.29, 0.717) is 4.88 Å². The van der Waals surface area contributed by atoms with E-state index in [-0.39, 0.29) is 12.5 Å². The molecule has 0 bridgehead atoms. The van der Waals surface area contributed by atoms with Gasteiger partial charge in [0.05, 0.1) is 24.6 Å². The maximum absolute atomic E-state index is 12.1. The molecule has 2 heterocycles. The van der Waals surface area contributed by atoms with Crippen LogP contribution in [0.15, 0.2) is 30.3 Å². The van der Waals surface area contributed by atoms with Crippen LogP contribution in [0.25, 0.3) is 21.1 Å². The third-order valence-electron chi connectivity index (χ3n) is 3.35. The summed E-state index contributed by atoms with van der Waals surface area (Å²) in [4.78, 5) is 29.0. The largest absolute Gasteiger partial charge is 0.497 e. The summed E-state index contributed by atoms with van der Waals surface area (Å²) in [5.41, 5.74) is 0.835. The van der Waals surface area contributed by atoms with Gasteiger partial charge in [-0.05, 0) is 30.3 Å². The van der Waals surface area contributed by atoms with Crippen LogP contribution < -0.4 is 10.1 Å². The first-order chi connectivity index (χ1) is 11.1. The van der Waals surface area contributed by atoms with Crippen molar-refractivity contribution in [3.05, 3.63) is 35.2 Å². The van der Waals surface area contributed by atoms with Crippen molar-refractivity contribution in [2.45, 2.75) is 0 Å².